The summed E-state index contributed by atoms with van der Waals surface area (Å²) in [5.74, 6) is 0. The highest BCUT2D eigenvalue weighted by Crippen LogP contribution is 2.26. The molecule has 1 heterocycles. The van der Waals surface area contributed by atoms with Gasteiger partial charge in [-0.2, -0.15) is 13.2 Å². The zero-order valence-electron chi connectivity index (χ0n) is 9.16. The van der Waals surface area contributed by atoms with Gasteiger partial charge in [0.15, 0.2) is 5.16 Å². The first-order valence-corrected chi connectivity index (χ1v) is 5.91. The fourth-order valence-corrected chi connectivity index (χ4v) is 2.34. The standard InChI is InChI=1S/C9H14F3N3S/c1-3-4-7(2)16-8-14-13-6-15(8)5-9(10,11)12/h6-7H,3-5H2,1-2H3. The van der Waals surface area contributed by atoms with Crippen molar-refractivity contribution in [3.63, 3.8) is 0 Å². The van der Waals surface area contributed by atoms with Gasteiger partial charge in [-0.25, -0.2) is 0 Å². The van der Waals surface area contributed by atoms with Crippen LogP contribution >= 0.6 is 11.8 Å². The maximum Gasteiger partial charge on any atom is 0.406 e. The Morgan fingerprint density at radius 3 is 2.75 bits per heavy atom. The van der Waals surface area contributed by atoms with E-state index in [2.05, 4.69) is 10.2 Å². The Kier molecular flexibility index (Phi) is 4.64. The highest BCUT2D eigenvalue weighted by Gasteiger charge is 2.29. The van der Waals surface area contributed by atoms with Crippen LogP contribution in [-0.2, 0) is 6.54 Å². The molecule has 0 aliphatic heterocycles. The van der Waals surface area contributed by atoms with E-state index in [9.17, 15) is 13.2 Å². The monoisotopic (exact) mass is 253 g/mol. The number of rotatable bonds is 5. The topological polar surface area (TPSA) is 30.7 Å². The van der Waals surface area contributed by atoms with Crippen LogP contribution in [0.4, 0.5) is 13.2 Å². The molecule has 0 saturated carbocycles. The maximum absolute atomic E-state index is 12.2. The molecule has 0 aliphatic rings. The molecule has 1 rings (SSSR count). The molecule has 1 aromatic rings. The number of aromatic nitrogens is 3. The van der Waals surface area contributed by atoms with Crippen molar-refractivity contribution >= 4 is 11.8 Å². The van der Waals surface area contributed by atoms with Gasteiger partial charge in [-0.3, -0.25) is 4.57 Å². The smallest absolute Gasteiger partial charge is 0.299 e. The van der Waals surface area contributed by atoms with E-state index in [1.165, 1.54) is 11.8 Å². The van der Waals surface area contributed by atoms with Gasteiger partial charge >= 0.3 is 6.18 Å². The first kappa shape index (κ1) is 13.3. The molecular weight excluding hydrogens is 239 g/mol. The van der Waals surface area contributed by atoms with Gasteiger partial charge in [0.1, 0.15) is 12.9 Å². The second-order valence-electron chi connectivity index (χ2n) is 3.57. The lowest BCUT2D eigenvalue weighted by atomic mass is 10.3. The van der Waals surface area contributed by atoms with Crippen molar-refractivity contribution in [1.29, 1.82) is 0 Å². The van der Waals surface area contributed by atoms with E-state index in [1.54, 1.807) is 0 Å². The number of thioether (sulfide) groups is 1. The molecule has 1 unspecified atom stereocenters. The minimum Gasteiger partial charge on any atom is -0.299 e. The lowest BCUT2D eigenvalue weighted by Gasteiger charge is -2.12. The van der Waals surface area contributed by atoms with Crippen molar-refractivity contribution in [2.24, 2.45) is 0 Å². The molecule has 3 nitrogen and oxygen atoms in total. The van der Waals surface area contributed by atoms with Crippen molar-refractivity contribution in [2.45, 2.75) is 49.8 Å². The quantitative estimate of drug-likeness (QED) is 0.755. The minimum absolute atomic E-state index is 0.251. The molecule has 16 heavy (non-hydrogen) atoms. The van der Waals surface area contributed by atoms with E-state index in [1.807, 2.05) is 13.8 Å². The second kappa shape index (κ2) is 5.56. The summed E-state index contributed by atoms with van der Waals surface area (Å²) in [6.07, 6.45) is -1.16. The third-order valence-corrected chi connectivity index (χ3v) is 3.10. The molecule has 7 heteroatoms. The van der Waals surface area contributed by atoms with Gasteiger partial charge in [0.05, 0.1) is 0 Å². The van der Waals surface area contributed by atoms with E-state index >= 15 is 0 Å². The average molecular weight is 253 g/mol. The minimum atomic E-state index is -4.23. The molecule has 1 aromatic heterocycles. The van der Waals surface area contributed by atoms with E-state index in [4.69, 9.17) is 0 Å². The highest BCUT2D eigenvalue weighted by atomic mass is 32.2. The summed E-state index contributed by atoms with van der Waals surface area (Å²) in [5.41, 5.74) is 0. The third-order valence-electron chi connectivity index (χ3n) is 1.93. The fourth-order valence-electron chi connectivity index (χ4n) is 1.28. The number of nitrogens with zero attached hydrogens (tertiary/aromatic N) is 3. The Morgan fingerprint density at radius 1 is 1.50 bits per heavy atom. The molecule has 0 radical (unpaired) electrons. The highest BCUT2D eigenvalue weighted by molar-refractivity contribution is 7.99. The third kappa shape index (κ3) is 4.42. The number of halogens is 3. The van der Waals surface area contributed by atoms with Gasteiger partial charge in [-0.05, 0) is 6.42 Å². The normalized spacial score (nSPS) is 14.1. The molecule has 0 saturated heterocycles. The Bertz CT molecular complexity index is 324. The molecule has 92 valence electrons. The van der Waals surface area contributed by atoms with E-state index in [0.717, 1.165) is 23.7 Å². The second-order valence-corrected chi connectivity index (χ2v) is 4.98. The number of hydrogen-bond donors (Lipinski definition) is 0. The van der Waals surface area contributed by atoms with Crippen molar-refractivity contribution in [3.05, 3.63) is 6.33 Å². The lowest BCUT2D eigenvalue weighted by Crippen LogP contribution is -2.18. The van der Waals surface area contributed by atoms with Gasteiger partial charge in [-0.15, -0.1) is 10.2 Å². The van der Waals surface area contributed by atoms with Crippen LogP contribution in [-0.4, -0.2) is 26.2 Å². The predicted octanol–water partition coefficient (Wildman–Crippen LogP) is 3.12. The van der Waals surface area contributed by atoms with E-state index in [-0.39, 0.29) is 5.25 Å². The van der Waals surface area contributed by atoms with Gasteiger partial charge < -0.3 is 0 Å². The van der Waals surface area contributed by atoms with E-state index < -0.39 is 12.7 Å². The summed E-state index contributed by atoms with van der Waals surface area (Å²) in [6, 6.07) is 0. The van der Waals surface area contributed by atoms with Crippen LogP contribution in [0.5, 0.6) is 0 Å². The first-order valence-electron chi connectivity index (χ1n) is 5.03. The summed E-state index contributed by atoms with van der Waals surface area (Å²) in [4.78, 5) is 0. The lowest BCUT2D eigenvalue weighted by molar-refractivity contribution is -0.142. The molecule has 0 aliphatic carbocycles. The van der Waals surface area contributed by atoms with Crippen LogP contribution < -0.4 is 0 Å². The van der Waals surface area contributed by atoms with Crippen molar-refractivity contribution < 1.29 is 13.2 Å². The average Bonchev–Trinajstić information content (AvgIpc) is 2.50. The Balaban J connectivity index is 2.63. The van der Waals surface area contributed by atoms with Crippen LogP contribution in [0, 0.1) is 0 Å². The first-order chi connectivity index (χ1) is 7.42. The molecule has 0 spiro atoms. The predicted molar refractivity (Wildman–Crippen MR) is 56.3 cm³/mol. The van der Waals surface area contributed by atoms with Gasteiger partial charge in [0.2, 0.25) is 0 Å². The summed E-state index contributed by atoms with van der Waals surface area (Å²) < 4.78 is 37.6. The summed E-state index contributed by atoms with van der Waals surface area (Å²) in [7, 11) is 0. The van der Waals surface area contributed by atoms with Crippen LogP contribution in [0.1, 0.15) is 26.7 Å². The SMILES string of the molecule is CCCC(C)Sc1nncn1CC(F)(F)F. The maximum atomic E-state index is 12.2. The Hall–Kier alpha value is -0.720. The van der Waals surface area contributed by atoms with Crippen LogP contribution in [0.3, 0.4) is 0 Å². The van der Waals surface area contributed by atoms with Crippen molar-refractivity contribution in [3.8, 4) is 0 Å². The Morgan fingerprint density at radius 2 is 2.19 bits per heavy atom. The van der Waals surface area contributed by atoms with Gasteiger partial charge in [-0.1, -0.05) is 32.0 Å². The zero-order valence-corrected chi connectivity index (χ0v) is 9.98. The summed E-state index contributed by atoms with van der Waals surface area (Å²) in [6.45, 7) is 2.99. The summed E-state index contributed by atoms with van der Waals surface area (Å²) >= 11 is 1.33. The van der Waals surface area contributed by atoms with E-state index in [0.29, 0.717) is 5.16 Å². The zero-order chi connectivity index (χ0) is 12.2. The van der Waals surface area contributed by atoms with Crippen molar-refractivity contribution in [2.75, 3.05) is 0 Å². The van der Waals surface area contributed by atoms with Crippen LogP contribution in [0.25, 0.3) is 0 Å². The summed E-state index contributed by atoms with van der Waals surface area (Å²) in [5, 5.41) is 7.79. The largest absolute Gasteiger partial charge is 0.406 e. The van der Waals surface area contributed by atoms with Gasteiger partial charge in [0, 0.05) is 5.25 Å². The van der Waals surface area contributed by atoms with Crippen LogP contribution in [0.2, 0.25) is 0 Å². The Labute approximate surface area is 96.4 Å². The molecular formula is C9H14F3N3S. The molecule has 0 aromatic carbocycles. The molecule has 0 N–H and O–H groups in total. The molecule has 0 amide bonds. The van der Waals surface area contributed by atoms with Crippen molar-refractivity contribution in [1.82, 2.24) is 14.8 Å². The molecule has 0 bridgehead atoms. The van der Waals surface area contributed by atoms with Gasteiger partial charge in [0.25, 0.3) is 0 Å². The molecule has 0 fully saturated rings. The van der Waals surface area contributed by atoms with Crippen LogP contribution in [0.15, 0.2) is 11.5 Å². The number of hydrogen-bond acceptors (Lipinski definition) is 3. The fraction of sp³-hybridized carbons (Fsp3) is 0.778. The molecule has 1 atom stereocenters. The number of alkyl halides is 3.